The molecule has 0 spiro atoms. The second-order valence-electron chi connectivity index (χ2n) is 4.37. The molecule has 2 heterocycles. The van der Waals surface area contributed by atoms with Crippen LogP contribution in [0.5, 0.6) is 0 Å². The number of aromatic amines is 1. The molecule has 1 aliphatic rings. The molecule has 0 fully saturated rings. The minimum absolute atomic E-state index is 0.219. The van der Waals surface area contributed by atoms with E-state index in [0.717, 1.165) is 5.69 Å². The quantitative estimate of drug-likeness (QED) is 0.670. The summed E-state index contributed by atoms with van der Waals surface area (Å²) in [5.41, 5.74) is 7.18. The SMILES string of the molecule is CC[C@H](N)C(=O)N1Cc2[nH]cnc2CC1C(=O)O. The molecule has 1 unspecified atom stereocenters. The van der Waals surface area contributed by atoms with Gasteiger partial charge in [0.05, 0.1) is 30.3 Å². The van der Waals surface area contributed by atoms with Crippen molar-refractivity contribution >= 4 is 11.9 Å². The molecule has 0 aliphatic carbocycles. The number of nitrogens with two attached hydrogens (primary N) is 1. The number of carbonyl (C=O) groups excluding carboxylic acids is 1. The first-order valence-electron chi connectivity index (χ1n) is 5.84. The van der Waals surface area contributed by atoms with Gasteiger partial charge in [0.1, 0.15) is 6.04 Å². The molecule has 2 rings (SSSR count). The molecule has 7 heteroatoms. The highest BCUT2D eigenvalue weighted by atomic mass is 16.4. The van der Waals surface area contributed by atoms with Gasteiger partial charge in [-0.05, 0) is 6.42 Å². The molecule has 0 radical (unpaired) electrons. The lowest BCUT2D eigenvalue weighted by atomic mass is 10.0. The third-order valence-electron chi connectivity index (χ3n) is 3.22. The first kappa shape index (κ1) is 12.6. The van der Waals surface area contributed by atoms with Crippen molar-refractivity contribution in [3.8, 4) is 0 Å². The van der Waals surface area contributed by atoms with Crippen LogP contribution in [-0.2, 0) is 22.6 Å². The number of H-pyrrole nitrogens is 1. The van der Waals surface area contributed by atoms with Gasteiger partial charge in [-0.15, -0.1) is 0 Å². The minimum Gasteiger partial charge on any atom is -0.480 e. The minimum atomic E-state index is -1.03. The zero-order valence-electron chi connectivity index (χ0n) is 10.1. The number of fused-ring (bicyclic) bond motifs is 1. The van der Waals surface area contributed by atoms with Gasteiger partial charge in [-0.2, -0.15) is 0 Å². The van der Waals surface area contributed by atoms with Crippen LogP contribution in [-0.4, -0.2) is 43.9 Å². The predicted octanol–water partition coefficient (Wildman–Crippen LogP) is -0.515. The van der Waals surface area contributed by atoms with Gasteiger partial charge in [-0.1, -0.05) is 6.92 Å². The fourth-order valence-electron chi connectivity index (χ4n) is 2.08. The molecular weight excluding hydrogens is 236 g/mol. The highest BCUT2D eigenvalue weighted by Gasteiger charge is 2.37. The van der Waals surface area contributed by atoms with Gasteiger partial charge in [-0.25, -0.2) is 9.78 Å². The van der Waals surface area contributed by atoms with Crippen LogP contribution in [0.25, 0.3) is 0 Å². The van der Waals surface area contributed by atoms with Crippen LogP contribution in [0.4, 0.5) is 0 Å². The second kappa shape index (κ2) is 4.77. The summed E-state index contributed by atoms with van der Waals surface area (Å²) in [6.45, 7) is 2.02. The molecule has 18 heavy (non-hydrogen) atoms. The molecule has 0 bridgehead atoms. The van der Waals surface area contributed by atoms with E-state index in [0.29, 0.717) is 12.1 Å². The van der Waals surface area contributed by atoms with Crippen LogP contribution in [0.2, 0.25) is 0 Å². The van der Waals surface area contributed by atoms with Crippen molar-refractivity contribution in [1.29, 1.82) is 0 Å². The van der Waals surface area contributed by atoms with Crippen LogP contribution in [0.3, 0.4) is 0 Å². The largest absolute Gasteiger partial charge is 0.480 e. The zero-order chi connectivity index (χ0) is 13.3. The Morgan fingerprint density at radius 2 is 2.44 bits per heavy atom. The predicted molar refractivity (Wildman–Crippen MR) is 62.5 cm³/mol. The van der Waals surface area contributed by atoms with E-state index in [4.69, 9.17) is 5.73 Å². The van der Waals surface area contributed by atoms with E-state index >= 15 is 0 Å². The van der Waals surface area contributed by atoms with Crippen molar-refractivity contribution in [2.75, 3.05) is 0 Å². The number of hydrogen-bond acceptors (Lipinski definition) is 4. The molecule has 0 aromatic carbocycles. The van der Waals surface area contributed by atoms with E-state index in [1.807, 2.05) is 0 Å². The summed E-state index contributed by atoms with van der Waals surface area (Å²) >= 11 is 0. The smallest absolute Gasteiger partial charge is 0.326 e. The van der Waals surface area contributed by atoms with E-state index in [1.54, 1.807) is 6.92 Å². The van der Waals surface area contributed by atoms with Gasteiger partial charge in [0, 0.05) is 6.42 Å². The molecule has 7 nitrogen and oxygen atoms in total. The molecule has 4 N–H and O–H groups in total. The molecule has 1 aromatic rings. The van der Waals surface area contributed by atoms with E-state index in [-0.39, 0.29) is 18.9 Å². The Morgan fingerprint density at radius 3 is 3.06 bits per heavy atom. The number of carboxylic acids is 1. The second-order valence-corrected chi connectivity index (χ2v) is 4.37. The number of amides is 1. The number of aliphatic carboxylic acids is 1. The standard InChI is InChI=1S/C11H16N4O3/c1-2-6(12)10(16)15-4-8-7(13-5-14-8)3-9(15)11(17)18/h5-6,9H,2-4,12H2,1H3,(H,13,14)(H,17,18)/t6-,9?/m0/s1. The maximum atomic E-state index is 12.1. The van der Waals surface area contributed by atoms with Gasteiger partial charge in [0.25, 0.3) is 0 Å². The fourth-order valence-corrected chi connectivity index (χ4v) is 2.08. The number of imidazole rings is 1. The monoisotopic (exact) mass is 252 g/mol. The summed E-state index contributed by atoms with van der Waals surface area (Å²) in [5.74, 6) is -1.36. The van der Waals surface area contributed by atoms with Crippen LogP contribution < -0.4 is 5.73 Å². The average Bonchev–Trinajstić information content (AvgIpc) is 2.82. The van der Waals surface area contributed by atoms with E-state index in [1.165, 1.54) is 11.2 Å². The average molecular weight is 252 g/mol. The number of nitrogens with zero attached hydrogens (tertiary/aromatic N) is 2. The Bertz CT molecular complexity index is 471. The summed E-state index contributed by atoms with van der Waals surface area (Å²) in [6, 6.07) is -1.54. The molecule has 0 saturated carbocycles. The van der Waals surface area contributed by atoms with E-state index in [2.05, 4.69) is 9.97 Å². The normalized spacial score (nSPS) is 20.3. The summed E-state index contributed by atoms with van der Waals surface area (Å²) in [4.78, 5) is 31.6. The number of hydrogen-bond donors (Lipinski definition) is 3. The lowest BCUT2D eigenvalue weighted by molar-refractivity contribution is -0.152. The molecule has 1 aliphatic heterocycles. The maximum absolute atomic E-state index is 12.1. The Kier molecular flexibility index (Phi) is 3.33. The summed E-state index contributed by atoms with van der Waals surface area (Å²) in [6.07, 6.45) is 2.21. The number of carbonyl (C=O) groups is 2. The zero-order valence-corrected chi connectivity index (χ0v) is 10.1. The lowest BCUT2D eigenvalue weighted by Crippen LogP contribution is -2.53. The molecular formula is C11H16N4O3. The van der Waals surface area contributed by atoms with Crippen molar-refractivity contribution in [3.05, 3.63) is 17.7 Å². The van der Waals surface area contributed by atoms with Crippen LogP contribution in [0.15, 0.2) is 6.33 Å². The number of carboxylic acid groups (broad SMARTS) is 1. The number of nitrogens with one attached hydrogen (secondary N) is 1. The Morgan fingerprint density at radius 1 is 1.72 bits per heavy atom. The third-order valence-corrected chi connectivity index (χ3v) is 3.22. The Hall–Kier alpha value is -1.89. The molecule has 1 amide bonds. The highest BCUT2D eigenvalue weighted by molar-refractivity contribution is 5.87. The number of aromatic nitrogens is 2. The van der Waals surface area contributed by atoms with Crippen molar-refractivity contribution in [2.24, 2.45) is 5.73 Å². The van der Waals surface area contributed by atoms with Crippen LogP contribution >= 0.6 is 0 Å². The van der Waals surface area contributed by atoms with Gasteiger partial charge in [0.15, 0.2) is 0 Å². The molecule has 98 valence electrons. The summed E-state index contributed by atoms with van der Waals surface area (Å²) in [7, 11) is 0. The first-order valence-corrected chi connectivity index (χ1v) is 5.84. The third kappa shape index (κ3) is 2.08. The van der Waals surface area contributed by atoms with Crippen molar-refractivity contribution in [2.45, 2.75) is 38.4 Å². The molecule has 1 aromatic heterocycles. The van der Waals surface area contributed by atoms with Crippen molar-refractivity contribution < 1.29 is 14.7 Å². The van der Waals surface area contributed by atoms with E-state index in [9.17, 15) is 14.7 Å². The van der Waals surface area contributed by atoms with Crippen LogP contribution in [0, 0.1) is 0 Å². The lowest BCUT2D eigenvalue weighted by Gasteiger charge is -2.33. The Labute approximate surface area is 104 Å². The summed E-state index contributed by atoms with van der Waals surface area (Å²) < 4.78 is 0. The van der Waals surface area contributed by atoms with Crippen LogP contribution in [0.1, 0.15) is 24.7 Å². The first-order chi connectivity index (χ1) is 8.54. The number of rotatable bonds is 3. The maximum Gasteiger partial charge on any atom is 0.326 e. The summed E-state index contributed by atoms with van der Waals surface area (Å²) in [5, 5.41) is 9.20. The van der Waals surface area contributed by atoms with Gasteiger partial charge >= 0.3 is 5.97 Å². The molecule has 2 atom stereocenters. The highest BCUT2D eigenvalue weighted by Crippen LogP contribution is 2.21. The van der Waals surface area contributed by atoms with E-state index < -0.39 is 18.1 Å². The van der Waals surface area contributed by atoms with Gasteiger partial charge in [-0.3, -0.25) is 4.79 Å². The fraction of sp³-hybridized carbons (Fsp3) is 0.545. The van der Waals surface area contributed by atoms with Gasteiger partial charge in [0.2, 0.25) is 5.91 Å². The van der Waals surface area contributed by atoms with Crippen molar-refractivity contribution in [1.82, 2.24) is 14.9 Å². The Balaban J connectivity index is 2.27. The molecule has 0 saturated heterocycles. The topological polar surface area (TPSA) is 112 Å². The van der Waals surface area contributed by atoms with Gasteiger partial charge < -0.3 is 20.7 Å². The van der Waals surface area contributed by atoms with Crippen molar-refractivity contribution in [3.63, 3.8) is 0 Å².